The predicted molar refractivity (Wildman–Crippen MR) is 54.3 cm³/mol. The molecule has 0 saturated heterocycles. The third kappa shape index (κ3) is 8.20. The summed E-state index contributed by atoms with van der Waals surface area (Å²) in [5, 5.41) is 0. The second-order valence-corrected chi connectivity index (χ2v) is 6.40. The third-order valence-electron chi connectivity index (χ3n) is 1.89. The van der Waals surface area contributed by atoms with Gasteiger partial charge in [-0.05, 0) is 12.8 Å². The average Bonchev–Trinajstić information content (AvgIpc) is 1.95. The van der Waals surface area contributed by atoms with Gasteiger partial charge in [0.2, 0.25) is 0 Å². The molecular weight excluding hydrogens is 187 g/mol. The highest BCUT2D eigenvalue weighted by Crippen LogP contribution is 2.36. The lowest BCUT2D eigenvalue weighted by molar-refractivity contribution is -0.122. The van der Waals surface area contributed by atoms with E-state index in [0.717, 1.165) is 6.42 Å². The Kier molecular flexibility index (Phi) is 5.50. The minimum absolute atomic E-state index is 0.0857. The number of Topliss-reactive ketones (excluding diaryl/α,β-unsaturated/α-hetero) is 1. The summed E-state index contributed by atoms with van der Waals surface area (Å²) in [6.07, 6.45) is 2.27. The van der Waals surface area contributed by atoms with Gasteiger partial charge in [-0.15, -0.1) is 0 Å². The summed E-state index contributed by atoms with van der Waals surface area (Å²) in [7, 11) is -2.86. The number of carbonyl (C=O) groups excluding carboxylic acids is 1. The predicted octanol–water partition coefficient (Wildman–Crippen LogP) is 2.28. The SMILES string of the molecule is CC(C)C(=O)CCCCP(C)(=O)O. The Morgan fingerprint density at radius 3 is 2.31 bits per heavy atom. The molecule has 3 nitrogen and oxygen atoms in total. The molecule has 1 atom stereocenters. The summed E-state index contributed by atoms with van der Waals surface area (Å²) in [5.74, 6) is 0.325. The minimum atomic E-state index is -2.86. The lowest BCUT2D eigenvalue weighted by atomic mass is 10.0. The highest BCUT2D eigenvalue weighted by Gasteiger charge is 2.10. The zero-order chi connectivity index (χ0) is 10.5. The van der Waals surface area contributed by atoms with E-state index in [1.54, 1.807) is 0 Å². The Morgan fingerprint density at radius 2 is 1.92 bits per heavy atom. The van der Waals surface area contributed by atoms with Gasteiger partial charge in [0.05, 0.1) is 0 Å². The van der Waals surface area contributed by atoms with Crippen LogP contribution < -0.4 is 0 Å². The van der Waals surface area contributed by atoms with Crippen LogP contribution in [0.4, 0.5) is 0 Å². The molecule has 0 rings (SSSR count). The number of ketones is 1. The topological polar surface area (TPSA) is 54.4 Å². The zero-order valence-electron chi connectivity index (χ0n) is 8.62. The van der Waals surface area contributed by atoms with Crippen LogP contribution in [0.1, 0.15) is 33.1 Å². The van der Waals surface area contributed by atoms with E-state index < -0.39 is 7.37 Å². The molecule has 0 aromatic rings. The Bertz CT molecular complexity index is 205. The fourth-order valence-electron chi connectivity index (χ4n) is 0.993. The van der Waals surface area contributed by atoms with Crippen molar-refractivity contribution >= 4 is 13.2 Å². The van der Waals surface area contributed by atoms with Crippen molar-refractivity contribution in [3.8, 4) is 0 Å². The van der Waals surface area contributed by atoms with E-state index in [2.05, 4.69) is 0 Å². The molecule has 0 aliphatic rings. The van der Waals surface area contributed by atoms with Crippen LogP contribution in [0, 0.1) is 5.92 Å². The largest absolute Gasteiger partial charge is 0.344 e. The molecule has 1 N–H and O–H groups in total. The maximum Gasteiger partial charge on any atom is 0.197 e. The maximum absolute atomic E-state index is 11.1. The summed E-state index contributed by atoms with van der Waals surface area (Å²) in [6, 6.07) is 0. The molecule has 0 bridgehead atoms. The van der Waals surface area contributed by atoms with Crippen molar-refractivity contribution in [2.75, 3.05) is 12.8 Å². The smallest absolute Gasteiger partial charge is 0.197 e. The van der Waals surface area contributed by atoms with Crippen LogP contribution in [-0.4, -0.2) is 23.5 Å². The number of hydrogen-bond donors (Lipinski definition) is 1. The van der Waals surface area contributed by atoms with E-state index in [4.69, 9.17) is 4.89 Å². The van der Waals surface area contributed by atoms with Crippen molar-refractivity contribution in [3.05, 3.63) is 0 Å². The molecule has 13 heavy (non-hydrogen) atoms. The molecule has 0 radical (unpaired) electrons. The first-order valence-electron chi connectivity index (χ1n) is 4.65. The monoisotopic (exact) mass is 206 g/mol. The van der Waals surface area contributed by atoms with Gasteiger partial charge in [-0.2, -0.15) is 0 Å². The molecule has 0 heterocycles. The van der Waals surface area contributed by atoms with E-state index in [1.165, 1.54) is 6.66 Å². The number of unbranched alkanes of at least 4 members (excludes halogenated alkanes) is 1. The van der Waals surface area contributed by atoms with Gasteiger partial charge in [-0.3, -0.25) is 9.36 Å². The Morgan fingerprint density at radius 1 is 1.38 bits per heavy atom. The number of carbonyl (C=O) groups is 1. The highest BCUT2D eigenvalue weighted by atomic mass is 31.2. The van der Waals surface area contributed by atoms with Crippen molar-refractivity contribution in [1.29, 1.82) is 0 Å². The molecule has 78 valence electrons. The van der Waals surface area contributed by atoms with E-state index in [1.807, 2.05) is 13.8 Å². The van der Waals surface area contributed by atoms with E-state index in [-0.39, 0.29) is 11.7 Å². The van der Waals surface area contributed by atoms with Crippen LogP contribution >= 0.6 is 7.37 Å². The molecular formula is C9H19O3P. The van der Waals surface area contributed by atoms with Crippen LogP contribution in [0.2, 0.25) is 0 Å². The summed E-state index contributed by atoms with van der Waals surface area (Å²) in [5.41, 5.74) is 0. The van der Waals surface area contributed by atoms with Gasteiger partial charge in [0.15, 0.2) is 7.37 Å². The maximum atomic E-state index is 11.1. The van der Waals surface area contributed by atoms with Gasteiger partial charge in [0.1, 0.15) is 5.78 Å². The summed E-state index contributed by atoms with van der Waals surface area (Å²) in [4.78, 5) is 20.1. The molecule has 0 saturated carbocycles. The Balaban J connectivity index is 3.47. The van der Waals surface area contributed by atoms with Crippen LogP contribution in [0.3, 0.4) is 0 Å². The Hall–Kier alpha value is -0.140. The molecule has 0 fully saturated rings. The van der Waals surface area contributed by atoms with Gasteiger partial charge in [-0.1, -0.05) is 13.8 Å². The highest BCUT2D eigenvalue weighted by molar-refractivity contribution is 7.57. The normalized spacial score (nSPS) is 15.8. The third-order valence-corrected chi connectivity index (χ3v) is 3.04. The van der Waals surface area contributed by atoms with Gasteiger partial charge >= 0.3 is 0 Å². The van der Waals surface area contributed by atoms with E-state index in [9.17, 15) is 9.36 Å². The molecule has 0 aromatic heterocycles. The molecule has 0 spiro atoms. The minimum Gasteiger partial charge on any atom is -0.344 e. The average molecular weight is 206 g/mol. The van der Waals surface area contributed by atoms with Crippen LogP contribution in [0.25, 0.3) is 0 Å². The van der Waals surface area contributed by atoms with Gasteiger partial charge in [-0.25, -0.2) is 0 Å². The molecule has 0 amide bonds. The first-order chi connectivity index (χ1) is 5.83. The van der Waals surface area contributed by atoms with Gasteiger partial charge in [0.25, 0.3) is 0 Å². The number of hydrogen-bond acceptors (Lipinski definition) is 2. The lowest BCUT2D eigenvalue weighted by Gasteiger charge is -2.05. The molecule has 0 aliphatic carbocycles. The van der Waals surface area contributed by atoms with Crippen molar-refractivity contribution < 1.29 is 14.3 Å². The molecule has 0 aromatic carbocycles. The quantitative estimate of drug-likeness (QED) is 0.535. The van der Waals surface area contributed by atoms with Crippen LogP contribution in [0.15, 0.2) is 0 Å². The van der Waals surface area contributed by atoms with Crippen molar-refractivity contribution in [1.82, 2.24) is 0 Å². The molecule has 1 unspecified atom stereocenters. The zero-order valence-corrected chi connectivity index (χ0v) is 9.51. The number of rotatable bonds is 6. The van der Waals surface area contributed by atoms with Gasteiger partial charge in [0, 0.05) is 25.2 Å². The van der Waals surface area contributed by atoms with Crippen molar-refractivity contribution in [3.63, 3.8) is 0 Å². The second-order valence-electron chi connectivity index (χ2n) is 3.85. The summed E-state index contributed by atoms with van der Waals surface area (Å²) >= 11 is 0. The fraction of sp³-hybridized carbons (Fsp3) is 0.889. The van der Waals surface area contributed by atoms with E-state index >= 15 is 0 Å². The van der Waals surface area contributed by atoms with E-state index in [0.29, 0.717) is 19.0 Å². The second kappa shape index (κ2) is 5.56. The fourth-order valence-corrected chi connectivity index (χ4v) is 1.80. The summed E-state index contributed by atoms with van der Waals surface area (Å²) in [6.45, 7) is 5.11. The summed E-state index contributed by atoms with van der Waals surface area (Å²) < 4.78 is 10.9. The van der Waals surface area contributed by atoms with Gasteiger partial charge < -0.3 is 4.89 Å². The Labute approximate surface area is 80.0 Å². The molecule has 4 heteroatoms. The van der Waals surface area contributed by atoms with Crippen LogP contribution in [0.5, 0.6) is 0 Å². The van der Waals surface area contributed by atoms with Crippen molar-refractivity contribution in [2.24, 2.45) is 5.92 Å². The first-order valence-corrected chi connectivity index (χ1v) is 6.94. The first kappa shape index (κ1) is 12.9. The molecule has 0 aliphatic heterocycles. The lowest BCUT2D eigenvalue weighted by Crippen LogP contribution is -2.06. The van der Waals surface area contributed by atoms with Crippen molar-refractivity contribution in [2.45, 2.75) is 33.1 Å². The van der Waals surface area contributed by atoms with Crippen LogP contribution in [-0.2, 0) is 9.36 Å². The standard InChI is InChI=1S/C9H19O3P/c1-8(2)9(10)6-4-5-7-13(3,11)12/h8H,4-7H2,1-3H3,(H,11,12).